The Labute approximate surface area is 137 Å². The van der Waals surface area contributed by atoms with Crippen molar-refractivity contribution in [1.29, 1.82) is 0 Å². The third-order valence-electron chi connectivity index (χ3n) is 3.02. The molecule has 1 atom stereocenters. The van der Waals surface area contributed by atoms with Crippen LogP contribution < -0.4 is 5.32 Å². The molecule has 0 saturated heterocycles. The van der Waals surface area contributed by atoms with E-state index in [1.807, 2.05) is 36.4 Å². The lowest BCUT2D eigenvalue weighted by atomic mass is 10.2. The molecule has 0 aliphatic heterocycles. The normalized spacial score (nSPS) is 11.5. The molecule has 22 heavy (non-hydrogen) atoms. The van der Waals surface area contributed by atoms with Crippen molar-refractivity contribution in [1.82, 2.24) is 5.32 Å². The number of amides is 1. The van der Waals surface area contributed by atoms with E-state index in [0.29, 0.717) is 12.1 Å². The van der Waals surface area contributed by atoms with Crippen LogP contribution >= 0.6 is 15.9 Å². The van der Waals surface area contributed by atoms with Crippen molar-refractivity contribution in [2.45, 2.75) is 19.6 Å². The second-order valence-corrected chi connectivity index (χ2v) is 5.68. The fourth-order valence-electron chi connectivity index (χ4n) is 1.83. The van der Waals surface area contributed by atoms with Gasteiger partial charge in [0.2, 0.25) is 0 Å². The number of hydrogen-bond donors (Lipinski definition) is 1. The third-order valence-corrected chi connectivity index (χ3v) is 3.52. The molecule has 0 aliphatic carbocycles. The van der Waals surface area contributed by atoms with Crippen molar-refractivity contribution in [3.05, 3.63) is 70.2 Å². The molecule has 0 radical (unpaired) electrons. The number of halogens is 1. The maximum atomic E-state index is 12.0. The van der Waals surface area contributed by atoms with Crippen molar-refractivity contribution in [3.63, 3.8) is 0 Å². The van der Waals surface area contributed by atoms with E-state index in [4.69, 9.17) is 4.74 Å². The molecule has 114 valence electrons. The topological polar surface area (TPSA) is 55.4 Å². The highest BCUT2D eigenvalue weighted by Gasteiger charge is 2.18. The highest BCUT2D eigenvalue weighted by Crippen LogP contribution is 2.13. The zero-order chi connectivity index (χ0) is 15.9. The van der Waals surface area contributed by atoms with Crippen LogP contribution in [0.5, 0.6) is 0 Å². The molecular formula is C17H16BrNO3. The Morgan fingerprint density at radius 3 is 2.55 bits per heavy atom. The predicted molar refractivity (Wildman–Crippen MR) is 87.3 cm³/mol. The first-order chi connectivity index (χ1) is 10.6. The first kappa shape index (κ1) is 16.2. The standard InChI is InChI=1S/C17H16BrNO3/c1-12(16(20)19-11-13-6-3-2-4-7-13)22-17(21)14-8-5-9-15(18)10-14/h2-10,12H,11H2,1H3,(H,19,20)/t12-/m0/s1. The number of esters is 1. The Bertz CT molecular complexity index is 658. The Balaban J connectivity index is 1.87. The first-order valence-electron chi connectivity index (χ1n) is 6.84. The fraction of sp³-hybridized carbons (Fsp3) is 0.176. The van der Waals surface area contributed by atoms with Gasteiger partial charge in [-0.15, -0.1) is 0 Å². The minimum atomic E-state index is -0.852. The van der Waals surface area contributed by atoms with Crippen LogP contribution in [0.1, 0.15) is 22.8 Å². The van der Waals surface area contributed by atoms with Crippen molar-refractivity contribution >= 4 is 27.8 Å². The van der Waals surface area contributed by atoms with Gasteiger partial charge in [-0.1, -0.05) is 52.3 Å². The van der Waals surface area contributed by atoms with Gasteiger partial charge in [0, 0.05) is 11.0 Å². The minimum Gasteiger partial charge on any atom is -0.449 e. The van der Waals surface area contributed by atoms with Gasteiger partial charge in [-0.3, -0.25) is 4.79 Å². The number of rotatable bonds is 5. The van der Waals surface area contributed by atoms with Crippen LogP contribution in [0, 0.1) is 0 Å². The smallest absolute Gasteiger partial charge is 0.338 e. The largest absolute Gasteiger partial charge is 0.449 e. The van der Waals surface area contributed by atoms with Gasteiger partial charge in [-0.2, -0.15) is 0 Å². The molecule has 0 saturated carbocycles. The summed E-state index contributed by atoms with van der Waals surface area (Å²) in [6.07, 6.45) is -0.852. The molecule has 2 aromatic rings. The van der Waals surface area contributed by atoms with E-state index in [0.717, 1.165) is 10.0 Å². The van der Waals surface area contributed by atoms with Crippen LogP contribution in [0.25, 0.3) is 0 Å². The van der Waals surface area contributed by atoms with E-state index >= 15 is 0 Å². The third kappa shape index (κ3) is 4.70. The van der Waals surface area contributed by atoms with Crippen LogP contribution in [0.4, 0.5) is 0 Å². The predicted octanol–water partition coefficient (Wildman–Crippen LogP) is 3.31. The van der Waals surface area contributed by atoms with E-state index < -0.39 is 12.1 Å². The molecule has 2 rings (SSSR count). The van der Waals surface area contributed by atoms with Gasteiger partial charge < -0.3 is 10.1 Å². The second kappa shape index (κ2) is 7.75. The summed E-state index contributed by atoms with van der Waals surface area (Å²) in [7, 11) is 0. The van der Waals surface area contributed by atoms with Crippen molar-refractivity contribution in [3.8, 4) is 0 Å². The van der Waals surface area contributed by atoms with Crippen LogP contribution in [0.3, 0.4) is 0 Å². The molecule has 5 heteroatoms. The fourth-order valence-corrected chi connectivity index (χ4v) is 2.23. The maximum absolute atomic E-state index is 12.0. The van der Waals surface area contributed by atoms with Crippen molar-refractivity contribution < 1.29 is 14.3 Å². The molecular weight excluding hydrogens is 346 g/mol. The zero-order valence-corrected chi connectivity index (χ0v) is 13.7. The lowest BCUT2D eigenvalue weighted by molar-refractivity contribution is -0.129. The van der Waals surface area contributed by atoms with E-state index in [9.17, 15) is 9.59 Å². The lowest BCUT2D eigenvalue weighted by Crippen LogP contribution is -2.35. The monoisotopic (exact) mass is 361 g/mol. The van der Waals surface area contributed by atoms with E-state index in [2.05, 4.69) is 21.2 Å². The Morgan fingerprint density at radius 1 is 1.14 bits per heavy atom. The summed E-state index contributed by atoms with van der Waals surface area (Å²) in [6, 6.07) is 16.4. The number of hydrogen-bond acceptors (Lipinski definition) is 3. The molecule has 0 heterocycles. The summed E-state index contributed by atoms with van der Waals surface area (Å²) in [5, 5.41) is 2.74. The minimum absolute atomic E-state index is 0.327. The SMILES string of the molecule is C[C@H](OC(=O)c1cccc(Br)c1)C(=O)NCc1ccccc1. The molecule has 0 bridgehead atoms. The maximum Gasteiger partial charge on any atom is 0.338 e. The van der Waals surface area contributed by atoms with Crippen LogP contribution in [0.2, 0.25) is 0 Å². The number of nitrogens with one attached hydrogen (secondary N) is 1. The molecule has 0 fully saturated rings. The number of ether oxygens (including phenoxy) is 1. The van der Waals surface area contributed by atoms with Crippen molar-refractivity contribution in [2.24, 2.45) is 0 Å². The number of carbonyl (C=O) groups excluding carboxylic acids is 2. The zero-order valence-electron chi connectivity index (χ0n) is 12.1. The average Bonchev–Trinajstić information content (AvgIpc) is 2.53. The van der Waals surface area contributed by atoms with Crippen LogP contribution in [-0.2, 0) is 16.1 Å². The van der Waals surface area contributed by atoms with Gasteiger partial charge in [0.25, 0.3) is 5.91 Å². The highest BCUT2D eigenvalue weighted by molar-refractivity contribution is 9.10. The summed E-state index contributed by atoms with van der Waals surface area (Å²) < 4.78 is 5.95. The van der Waals surface area contributed by atoms with Gasteiger partial charge in [0.1, 0.15) is 0 Å². The Kier molecular flexibility index (Phi) is 5.72. The molecule has 0 aliphatic rings. The molecule has 0 spiro atoms. The van der Waals surface area contributed by atoms with Gasteiger partial charge >= 0.3 is 5.97 Å². The second-order valence-electron chi connectivity index (χ2n) is 4.76. The summed E-state index contributed by atoms with van der Waals surface area (Å²) in [4.78, 5) is 23.9. The molecule has 1 N–H and O–H groups in total. The summed E-state index contributed by atoms with van der Waals surface area (Å²) in [6.45, 7) is 1.95. The summed E-state index contributed by atoms with van der Waals surface area (Å²) in [5.74, 6) is -0.851. The molecule has 0 aromatic heterocycles. The van der Waals surface area contributed by atoms with Crippen molar-refractivity contribution in [2.75, 3.05) is 0 Å². The molecule has 0 unspecified atom stereocenters. The average molecular weight is 362 g/mol. The Hall–Kier alpha value is -2.14. The number of benzene rings is 2. The summed E-state index contributed by atoms with van der Waals surface area (Å²) in [5.41, 5.74) is 1.39. The van der Waals surface area contributed by atoms with E-state index in [-0.39, 0.29) is 5.91 Å². The van der Waals surface area contributed by atoms with Gasteiger partial charge in [0.15, 0.2) is 6.10 Å². The van der Waals surface area contributed by atoms with E-state index in [1.165, 1.54) is 0 Å². The summed E-state index contributed by atoms with van der Waals surface area (Å²) >= 11 is 3.29. The Morgan fingerprint density at radius 2 is 1.86 bits per heavy atom. The van der Waals surface area contributed by atoms with Crippen LogP contribution in [0.15, 0.2) is 59.1 Å². The van der Waals surface area contributed by atoms with Gasteiger partial charge in [0.05, 0.1) is 5.56 Å². The van der Waals surface area contributed by atoms with Gasteiger partial charge in [-0.05, 0) is 30.7 Å². The van der Waals surface area contributed by atoms with Crippen LogP contribution in [-0.4, -0.2) is 18.0 Å². The van der Waals surface area contributed by atoms with Gasteiger partial charge in [-0.25, -0.2) is 4.79 Å². The van der Waals surface area contributed by atoms with E-state index in [1.54, 1.807) is 25.1 Å². The molecule has 2 aromatic carbocycles. The highest BCUT2D eigenvalue weighted by atomic mass is 79.9. The molecule has 1 amide bonds. The first-order valence-corrected chi connectivity index (χ1v) is 7.64. The lowest BCUT2D eigenvalue weighted by Gasteiger charge is -2.13. The quantitative estimate of drug-likeness (QED) is 0.831. The molecule has 4 nitrogen and oxygen atoms in total. The number of carbonyl (C=O) groups is 2.